The molecule has 5 heteroatoms. The molecule has 4 aromatic carbocycles. The summed E-state index contributed by atoms with van der Waals surface area (Å²) in [7, 11) is 0. The molecule has 2 aromatic heterocycles. The van der Waals surface area contributed by atoms with E-state index < -0.39 is 0 Å². The maximum Gasteiger partial charge on any atom is 0.164 e. The van der Waals surface area contributed by atoms with Crippen LogP contribution in [0.4, 0.5) is 0 Å². The summed E-state index contributed by atoms with van der Waals surface area (Å²) in [5.41, 5.74) is 5.17. The van der Waals surface area contributed by atoms with Crippen molar-refractivity contribution in [3.63, 3.8) is 0 Å². The zero-order chi connectivity index (χ0) is 34.9. The number of benzene rings is 4. The Hall–Kier alpha value is -3.79. The average molecular weight is 833 g/mol. The molecule has 6 rings (SSSR count). The first kappa shape index (κ1) is 38.0. The summed E-state index contributed by atoms with van der Waals surface area (Å²) in [6, 6.07) is 30.9. The number of furan rings is 1. The second-order valence-corrected chi connectivity index (χ2v) is 14.6. The quantitative estimate of drug-likeness (QED) is 0.0943. The molecule has 4 nitrogen and oxygen atoms in total. The van der Waals surface area contributed by atoms with Crippen molar-refractivity contribution >= 4 is 49.4 Å². The Balaban J connectivity index is 0.000000260. The smallest absolute Gasteiger partial charge is 0.164 e. The molecule has 0 saturated heterocycles. The van der Waals surface area contributed by atoms with Gasteiger partial charge in [-0.3, -0.25) is 9.78 Å². The van der Waals surface area contributed by atoms with Crippen LogP contribution in [0.3, 0.4) is 0 Å². The normalized spacial score (nSPS) is 12.6. The van der Waals surface area contributed by atoms with Crippen molar-refractivity contribution in [1.29, 1.82) is 0 Å². The molecule has 0 atom stereocenters. The fourth-order valence-corrected chi connectivity index (χ4v) is 6.28. The van der Waals surface area contributed by atoms with Gasteiger partial charge >= 0.3 is 0 Å². The van der Waals surface area contributed by atoms with Crippen molar-refractivity contribution in [2.24, 2.45) is 10.8 Å². The Bertz CT molecular complexity index is 2120. The first-order valence-corrected chi connectivity index (χ1v) is 17.4. The first-order valence-electron chi connectivity index (χ1n) is 17.4. The molecule has 0 aliphatic rings. The van der Waals surface area contributed by atoms with Crippen LogP contribution in [-0.2, 0) is 30.3 Å². The number of carbonyl (C=O) groups excluding carboxylic acids is 1. The fraction of sp³-hybridized carbons (Fsp3) is 0.364. The summed E-state index contributed by atoms with van der Waals surface area (Å²) in [5, 5.41) is 15.8. The Morgan fingerprint density at radius 2 is 1.33 bits per heavy atom. The van der Waals surface area contributed by atoms with E-state index in [2.05, 4.69) is 87.5 Å². The Kier molecular flexibility index (Phi) is 11.6. The second kappa shape index (κ2) is 15.0. The summed E-state index contributed by atoms with van der Waals surface area (Å²) >= 11 is 0. The number of aliphatic hydroxyl groups excluding tert-OH is 1. The molecule has 0 spiro atoms. The van der Waals surface area contributed by atoms with Crippen molar-refractivity contribution in [1.82, 2.24) is 4.98 Å². The number of fused-ring (bicyclic) bond motifs is 6. The van der Waals surface area contributed by atoms with Crippen molar-refractivity contribution in [3.8, 4) is 11.3 Å². The Labute approximate surface area is 305 Å². The third kappa shape index (κ3) is 7.39. The van der Waals surface area contributed by atoms with Crippen LogP contribution < -0.4 is 0 Å². The van der Waals surface area contributed by atoms with Gasteiger partial charge in [0, 0.05) is 58.9 Å². The minimum Gasteiger partial charge on any atom is -0.512 e. The molecular formula is C44H50IrNO3-. The Morgan fingerprint density at radius 1 is 0.776 bits per heavy atom. The van der Waals surface area contributed by atoms with Gasteiger partial charge in [0.15, 0.2) is 5.78 Å². The van der Waals surface area contributed by atoms with Crippen molar-refractivity contribution in [3.05, 3.63) is 102 Å². The molecule has 0 fully saturated rings. The maximum absolute atomic E-state index is 12.2. The van der Waals surface area contributed by atoms with Gasteiger partial charge in [0.2, 0.25) is 0 Å². The molecule has 0 aliphatic heterocycles. The van der Waals surface area contributed by atoms with Gasteiger partial charge in [0.05, 0.1) is 5.52 Å². The van der Waals surface area contributed by atoms with Crippen molar-refractivity contribution < 1.29 is 34.4 Å². The second-order valence-electron chi connectivity index (χ2n) is 14.6. The van der Waals surface area contributed by atoms with E-state index in [4.69, 9.17) is 9.40 Å². The molecule has 1 radical (unpaired) electrons. The number of carbonyl (C=O) groups is 1. The third-order valence-corrected chi connectivity index (χ3v) is 10.7. The zero-order valence-electron chi connectivity index (χ0n) is 30.5. The number of para-hydroxylation sites is 2. The number of allylic oxidation sites excluding steroid dienone is 2. The van der Waals surface area contributed by atoms with E-state index in [0.29, 0.717) is 0 Å². The Morgan fingerprint density at radius 3 is 1.94 bits per heavy atom. The van der Waals surface area contributed by atoms with Crippen LogP contribution in [-0.4, -0.2) is 15.9 Å². The number of hydrogen-bond donors (Lipinski definition) is 1. The minimum atomic E-state index is -0.337. The van der Waals surface area contributed by atoms with E-state index in [1.54, 1.807) is 0 Å². The van der Waals surface area contributed by atoms with Crippen LogP contribution in [0.5, 0.6) is 0 Å². The number of aromatic nitrogens is 1. The molecule has 0 unspecified atom stereocenters. The van der Waals surface area contributed by atoms with Gasteiger partial charge in [0.1, 0.15) is 16.9 Å². The van der Waals surface area contributed by atoms with Crippen LogP contribution in [0, 0.1) is 16.9 Å². The van der Waals surface area contributed by atoms with Gasteiger partial charge in [0.25, 0.3) is 0 Å². The van der Waals surface area contributed by atoms with E-state index in [1.807, 2.05) is 59.7 Å². The van der Waals surface area contributed by atoms with Gasteiger partial charge in [-0.1, -0.05) is 128 Å². The summed E-state index contributed by atoms with van der Waals surface area (Å²) < 4.78 is 6.40. The number of rotatable bonds is 8. The summed E-state index contributed by atoms with van der Waals surface area (Å²) in [5.74, 6) is 0.286. The zero-order valence-corrected chi connectivity index (χ0v) is 32.9. The van der Waals surface area contributed by atoms with Crippen LogP contribution >= 0.6 is 0 Å². The van der Waals surface area contributed by atoms with E-state index in [-0.39, 0.29) is 47.9 Å². The predicted octanol–water partition coefficient (Wildman–Crippen LogP) is 12.7. The monoisotopic (exact) mass is 833 g/mol. The van der Waals surface area contributed by atoms with Gasteiger partial charge < -0.3 is 9.52 Å². The van der Waals surface area contributed by atoms with Crippen LogP contribution in [0.2, 0.25) is 0 Å². The fourth-order valence-electron chi connectivity index (χ4n) is 6.28. The molecule has 0 bridgehead atoms. The maximum atomic E-state index is 12.2. The predicted molar refractivity (Wildman–Crippen MR) is 203 cm³/mol. The van der Waals surface area contributed by atoms with Gasteiger partial charge in [-0.25, -0.2) is 0 Å². The number of pyridine rings is 1. The van der Waals surface area contributed by atoms with Crippen LogP contribution in [0.25, 0.3) is 54.9 Å². The molecular weight excluding hydrogens is 783 g/mol. The molecule has 0 aliphatic carbocycles. The van der Waals surface area contributed by atoms with E-state index in [1.165, 1.54) is 17.0 Å². The largest absolute Gasteiger partial charge is 0.512 e. The van der Waals surface area contributed by atoms with E-state index in [9.17, 15) is 9.90 Å². The summed E-state index contributed by atoms with van der Waals surface area (Å²) in [6.07, 6.45) is 4.75. The summed E-state index contributed by atoms with van der Waals surface area (Å²) in [4.78, 5) is 17.3. The SMILES string of the molecule is CC(C)(C)c1cc(-c2nc3ccccc3c3c2oc2ccccc23)[c-]c2ccccc12.CCC(C)(CC)C(=O)/C=C(\O)C(C)(CC)CC.[Ir]. The topological polar surface area (TPSA) is 63.3 Å². The first-order chi connectivity index (χ1) is 22.8. The van der Waals surface area contributed by atoms with Crippen LogP contribution in [0.1, 0.15) is 93.6 Å². The molecule has 6 aromatic rings. The standard InChI is InChI=1S/C29H22NO.C15H28O2.Ir/c1-29(2,3)23-17-19(16-18-10-4-5-11-20(18)23)27-28-26(21-12-6-8-14-24(21)30-27)22-13-7-9-15-25(22)31-28;1-7-14(5,8-2)12(16)11-13(17)15(6,9-3)10-4;/h4-15,17H,1-3H3;11,16H,7-10H2,1-6H3;/q-1;;/b;12-11-;. The van der Waals surface area contributed by atoms with Gasteiger partial charge in [-0.2, -0.15) is 0 Å². The number of nitrogens with zero attached hydrogens (tertiary/aromatic N) is 1. The number of ketones is 1. The molecule has 1 N–H and O–H groups in total. The number of aliphatic hydroxyl groups is 1. The molecule has 49 heavy (non-hydrogen) atoms. The van der Waals surface area contributed by atoms with Crippen LogP contribution in [0.15, 0.2) is 95.1 Å². The molecule has 2 heterocycles. The van der Waals surface area contributed by atoms with E-state index in [0.717, 1.165) is 75.2 Å². The average Bonchev–Trinajstić information content (AvgIpc) is 3.50. The summed E-state index contributed by atoms with van der Waals surface area (Å²) in [6.45, 7) is 18.8. The molecule has 0 saturated carbocycles. The van der Waals surface area contributed by atoms with Gasteiger partial charge in [-0.05, 0) is 43.2 Å². The third-order valence-electron chi connectivity index (χ3n) is 10.7. The van der Waals surface area contributed by atoms with E-state index >= 15 is 0 Å². The van der Waals surface area contributed by atoms with Gasteiger partial charge in [-0.15, -0.1) is 29.1 Å². The minimum absolute atomic E-state index is 0. The van der Waals surface area contributed by atoms with Crippen molar-refractivity contribution in [2.75, 3.05) is 0 Å². The van der Waals surface area contributed by atoms with Crippen molar-refractivity contribution in [2.45, 2.75) is 93.4 Å². The number of hydrogen-bond acceptors (Lipinski definition) is 4. The molecule has 259 valence electrons. The molecule has 0 amide bonds.